The Labute approximate surface area is 146 Å². The van der Waals surface area contributed by atoms with Crippen molar-refractivity contribution >= 4 is 17.9 Å². The van der Waals surface area contributed by atoms with E-state index in [0.717, 1.165) is 0 Å². The number of imide groups is 1. The second kappa shape index (κ2) is 11.0. The SMILES string of the molecule is COCCNC(=O)NC(=O)COC(=O)c1cccc(OCC(C)C)c1. The Morgan fingerprint density at radius 1 is 1.20 bits per heavy atom. The van der Waals surface area contributed by atoms with Gasteiger partial charge in [-0.3, -0.25) is 10.1 Å². The molecule has 8 heteroatoms. The first-order valence-corrected chi connectivity index (χ1v) is 7.89. The number of carbonyl (C=O) groups excluding carboxylic acids is 3. The van der Waals surface area contributed by atoms with Gasteiger partial charge in [-0.1, -0.05) is 19.9 Å². The fourth-order valence-corrected chi connectivity index (χ4v) is 1.66. The summed E-state index contributed by atoms with van der Waals surface area (Å²) in [5.74, 6) is -0.500. The van der Waals surface area contributed by atoms with E-state index >= 15 is 0 Å². The lowest BCUT2D eigenvalue weighted by Crippen LogP contribution is -2.42. The minimum absolute atomic E-state index is 0.262. The Balaban J connectivity index is 2.41. The molecule has 0 heterocycles. The molecule has 3 amide bonds. The van der Waals surface area contributed by atoms with Crippen molar-refractivity contribution in [2.24, 2.45) is 5.92 Å². The van der Waals surface area contributed by atoms with E-state index in [1.807, 2.05) is 19.2 Å². The number of esters is 1. The zero-order chi connectivity index (χ0) is 18.7. The first-order valence-electron chi connectivity index (χ1n) is 7.89. The van der Waals surface area contributed by atoms with Crippen LogP contribution in [-0.4, -0.2) is 51.4 Å². The lowest BCUT2D eigenvalue weighted by molar-refractivity contribution is -0.123. The molecule has 0 atom stereocenters. The summed E-state index contributed by atoms with van der Waals surface area (Å²) in [6.45, 7) is 4.58. The molecule has 0 fully saturated rings. The lowest BCUT2D eigenvalue weighted by atomic mass is 10.2. The Kier molecular flexibility index (Phi) is 9.02. The van der Waals surface area contributed by atoms with Gasteiger partial charge < -0.3 is 19.5 Å². The monoisotopic (exact) mass is 352 g/mol. The summed E-state index contributed by atoms with van der Waals surface area (Å²) in [5, 5.41) is 4.45. The molecule has 0 unspecified atom stereocenters. The Hall–Kier alpha value is -2.61. The van der Waals surface area contributed by atoms with E-state index in [-0.39, 0.29) is 12.1 Å². The average molecular weight is 352 g/mol. The number of methoxy groups -OCH3 is 1. The number of rotatable bonds is 9. The zero-order valence-corrected chi connectivity index (χ0v) is 14.7. The number of benzene rings is 1. The predicted octanol–water partition coefficient (Wildman–Crippen LogP) is 1.35. The van der Waals surface area contributed by atoms with Crippen molar-refractivity contribution in [3.8, 4) is 5.75 Å². The molecule has 2 N–H and O–H groups in total. The molecule has 0 spiro atoms. The van der Waals surface area contributed by atoms with E-state index in [1.165, 1.54) is 7.11 Å². The van der Waals surface area contributed by atoms with Gasteiger partial charge in [0, 0.05) is 13.7 Å². The molecule has 1 aromatic rings. The van der Waals surface area contributed by atoms with Gasteiger partial charge in [-0.2, -0.15) is 0 Å². The topological polar surface area (TPSA) is 103 Å². The summed E-state index contributed by atoms with van der Waals surface area (Å²) in [7, 11) is 1.49. The Bertz CT molecular complexity index is 588. The van der Waals surface area contributed by atoms with E-state index in [4.69, 9.17) is 14.2 Å². The second-order valence-corrected chi connectivity index (χ2v) is 5.61. The van der Waals surface area contributed by atoms with Gasteiger partial charge >= 0.3 is 12.0 Å². The molecular formula is C17H24N2O6. The van der Waals surface area contributed by atoms with Crippen LogP contribution in [0.1, 0.15) is 24.2 Å². The van der Waals surface area contributed by atoms with E-state index in [0.29, 0.717) is 24.9 Å². The molecule has 0 saturated carbocycles. The summed E-state index contributed by atoms with van der Waals surface area (Å²) in [6.07, 6.45) is 0. The van der Waals surface area contributed by atoms with Crippen molar-refractivity contribution in [2.75, 3.05) is 33.5 Å². The third-order valence-corrected chi connectivity index (χ3v) is 2.83. The molecule has 0 aliphatic rings. The molecule has 8 nitrogen and oxygen atoms in total. The van der Waals surface area contributed by atoms with Crippen molar-refractivity contribution < 1.29 is 28.6 Å². The van der Waals surface area contributed by atoms with Crippen molar-refractivity contribution in [3.63, 3.8) is 0 Å². The van der Waals surface area contributed by atoms with Crippen LogP contribution in [-0.2, 0) is 14.3 Å². The van der Waals surface area contributed by atoms with E-state index < -0.39 is 24.5 Å². The molecule has 138 valence electrons. The molecule has 1 aromatic carbocycles. The number of amides is 3. The van der Waals surface area contributed by atoms with Crippen molar-refractivity contribution in [2.45, 2.75) is 13.8 Å². The number of nitrogens with one attached hydrogen (secondary N) is 2. The first kappa shape index (κ1) is 20.4. The summed E-state index contributed by atoms with van der Waals surface area (Å²) in [5.41, 5.74) is 0.263. The lowest BCUT2D eigenvalue weighted by Gasteiger charge is -2.10. The molecular weight excluding hydrogens is 328 g/mol. The molecule has 0 saturated heterocycles. The van der Waals surface area contributed by atoms with Crippen LogP contribution >= 0.6 is 0 Å². The highest BCUT2D eigenvalue weighted by atomic mass is 16.5. The van der Waals surface area contributed by atoms with Crippen LogP contribution in [0.3, 0.4) is 0 Å². The number of carbonyl (C=O) groups is 3. The van der Waals surface area contributed by atoms with Crippen LogP contribution in [0.25, 0.3) is 0 Å². The predicted molar refractivity (Wildman–Crippen MR) is 90.5 cm³/mol. The van der Waals surface area contributed by atoms with Crippen LogP contribution in [0.2, 0.25) is 0 Å². The van der Waals surface area contributed by atoms with E-state index in [1.54, 1.807) is 24.3 Å². The van der Waals surface area contributed by atoms with Gasteiger partial charge in [0.05, 0.1) is 18.8 Å². The number of urea groups is 1. The molecule has 1 rings (SSSR count). The fraction of sp³-hybridized carbons (Fsp3) is 0.471. The highest BCUT2D eigenvalue weighted by Gasteiger charge is 2.13. The normalized spacial score (nSPS) is 10.2. The van der Waals surface area contributed by atoms with Gasteiger partial charge in [0.15, 0.2) is 6.61 Å². The van der Waals surface area contributed by atoms with Crippen molar-refractivity contribution in [1.82, 2.24) is 10.6 Å². The third-order valence-electron chi connectivity index (χ3n) is 2.83. The van der Waals surface area contributed by atoms with Crippen LogP contribution in [0, 0.1) is 5.92 Å². The van der Waals surface area contributed by atoms with E-state index in [2.05, 4.69) is 5.32 Å². The number of hydrogen-bond acceptors (Lipinski definition) is 6. The smallest absolute Gasteiger partial charge is 0.338 e. The minimum atomic E-state index is -0.726. The van der Waals surface area contributed by atoms with Gasteiger partial charge in [-0.05, 0) is 24.1 Å². The van der Waals surface area contributed by atoms with Gasteiger partial charge in [-0.25, -0.2) is 9.59 Å². The molecule has 0 bridgehead atoms. The summed E-state index contributed by atoms with van der Waals surface area (Å²) in [6, 6.07) is 5.81. The maximum atomic E-state index is 12.0. The highest BCUT2D eigenvalue weighted by molar-refractivity contribution is 5.97. The summed E-state index contributed by atoms with van der Waals surface area (Å²) < 4.78 is 15.2. The van der Waals surface area contributed by atoms with Gasteiger partial charge in [-0.15, -0.1) is 0 Å². The van der Waals surface area contributed by atoms with Gasteiger partial charge in [0.1, 0.15) is 5.75 Å². The first-order chi connectivity index (χ1) is 11.9. The zero-order valence-electron chi connectivity index (χ0n) is 14.7. The third kappa shape index (κ3) is 8.71. The number of hydrogen-bond donors (Lipinski definition) is 2. The van der Waals surface area contributed by atoms with E-state index in [9.17, 15) is 14.4 Å². The highest BCUT2D eigenvalue weighted by Crippen LogP contribution is 2.15. The molecule has 0 aliphatic heterocycles. The van der Waals surface area contributed by atoms with Gasteiger partial charge in [0.25, 0.3) is 5.91 Å². The number of ether oxygens (including phenoxy) is 3. The molecule has 0 aromatic heterocycles. The van der Waals surface area contributed by atoms with Crippen molar-refractivity contribution in [3.05, 3.63) is 29.8 Å². The summed E-state index contributed by atoms with van der Waals surface area (Å²) >= 11 is 0. The molecule has 0 radical (unpaired) electrons. The van der Waals surface area contributed by atoms with Crippen LogP contribution < -0.4 is 15.4 Å². The second-order valence-electron chi connectivity index (χ2n) is 5.61. The van der Waals surface area contributed by atoms with Crippen molar-refractivity contribution in [1.29, 1.82) is 0 Å². The summed E-state index contributed by atoms with van der Waals surface area (Å²) in [4.78, 5) is 34.9. The Morgan fingerprint density at radius 3 is 2.64 bits per heavy atom. The maximum absolute atomic E-state index is 12.0. The van der Waals surface area contributed by atoms with Crippen LogP contribution in [0.4, 0.5) is 4.79 Å². The van der Waals surface area contributed by atoms with Crippen LogP contribution in [0.15, 0.2) is 24.3 Å². The average Bonchev–Trinajstić information content (AvgIpc) is 2.58. The molecule has 0 aliphatic carbocycles. The minimum Gasteiger partial charge on any atom is -0.493 e. The fourth-order valence-electron chi connectivity index (χ4n) is 1.66. The quantitative estimate of drug-likeness (QED) is 0.514. The standard InChI is InChI=1S/C17H24N2O6/c1-12(2)10-24-14-6-4-5-13(9-14)16(21)25-11-15(20)19-17(22)18-7-8-23-3/h4-6,9,12H,7-8,10-11H2,1-3H3,(H2,18,19,20,22). The maximum Gasteiger partial charge on any atom is 0.338 e. The largest absolute Gasteiger partial charge is 0.493 e. The molecule has 25 heavy (non-hydrogen) atoms. The van der Waals surface area contributed by atoms with Gasteiger partial charge in [0.2, 0.25) is 0 Å². The Morgan fingerprint density at radius 2 is 1.96 bits per heavy atom. The van der Waals surface area contributed by atoms with Crippen LogP contribution in [0.5, 0.6) is 5.75 Å².